The highest BCUT2D eigenvalue weighted by Gasteiger charge is 2.32. The van der Waals surface area contributed by atoms with Gasteiger partial charge < -0.3 is 10.6 Å². The lowest BCUT2D eigenvalue weighted by Crippen LogP contribution is -2.48. The van der Waals surface area contributed by atoms with E-state index in [1.165, 1.54) is 12.8 Å². The van der Waals surface area contributed by atoms with Crippen LogP contribution in [0.15, 0.2) is 0 Å². The first-order chi connectivity index (χ1) is 7.05. The molecule has 3 nitrogen and oxygen atoms in total. The van der Waals surface area contributed by atoms with Crippen LogP contribution in [0, 0.1) is 5.41 Å². The van der Waals surface area contributed by atoms with Crippen molar-refractivity contribution >= 4 is 6.03 Å². The Kier molecular flexibility index (Phi) is 2.89. The van der Waals surface area contributed by atoms with E-state index in [9.17, 15) is 4.79 Å². The molecule has 2 fully saturated rings. The molecule has 86 valence electrons. The van der Waals surface area contributed by atoms with Gasteiger partial charge in [-0.2, -0.15) is 0 Å². The first-order valence-corrected chi connectivity index (χ1v) is 6.12. The third kappa shape index (κ3) is 2.86. The van der Waals surface area contributed by atoms with Gasteiger partial charge in [-0.1, -0.05) is 13.8 Å². The number of carbonyl (C=O) groups is 1. The smallest absolute Gasteiger partial charge is 0.315 e. The van der Waals surface area contributed by atoms with E-state index in [0.717, 1.165) is 25.7 Å². The lowest BCUT2D eigenvalue weighted by Gasteiger charge is -2.27. The summed E-state index contributed by atoms with van der Waals surface area (Å²) in [5.74, 6) is 0. The van der Waals surface area contributed by atoms with E-state index in [-0.39, 0.29) is 6.03 Å². The van der Waals surface area contributed by atoms with Crippen LogP contribution >= 0.6 is 0 Å². The van der Waals surface area contributed by atoms with Gasteiger partial charge in [0.05, 0.1) is 0 Å². The normalized spacial score (nSPS) is 29.6. The van der Waals surface area contributed by atoms with E-state index in [1.54, 1.807) is 0 Å². The van der Waals surface area contributed by atoms with Crippen LogP contribution in [0.1, 0.15) is 52.4 Å². The minimum absolute atomic E-state index is 0.0439. The van der Waals surface area contributed by atoms with Crippen molar-refractivity contribution in [2.75, 3.05) is 0 Å². The average molecular weight is 210 g/mol. The summed E-state index contributed by atoms with van der Waals surface area (Å²) in [5.41, 5.74) is 0.411. The molecule has 3 heteroatoms. The molecule has 2 amide bonds. The van der Waals surface area contributed by atoms with Crippen LogP contribution in [-0.2, 0) is 0 Å². The zero-order valence-corrected chi connectivity index (χ0v) is 9.81. The molecule has 0 radical (unpaired) electrons. The predicted molar refractivity (Wildman–Crippen MR) is 60.7 cm³/mol. The van der Waals surface area contributed by atoms with Gasteiger partial charge in [0, 0.05) is 12.1 Å². The highest BCUT2D eigenvalue weighted by atomic mass is 16.2. The van der Waals surface area contributed by atoms with Gasteiger partial charge in [0.25, 0.3) is 0 Å². The summed E-state index contributed by atoms with van der Waals surface area (Å²) in [4.78, 5) is 11.6. The maximum atomic E-state index is 11.6. The first kappa shape index (κ1) is 10.8. The van der Waals surface area contributed by atoms with Gasteiger partial charge in [-0.15, -0.1) is 0 Å². The second-order valence-electron chi connectivity index (χ2n) is 5.85. The second-order valence-corrected chi connectivity index (χ2v) is 5.85. The van der Waals surface area contributed by atoms with E-state index in [1.807, 2.05) is 0 Å². The fourth-order valence-electron chi connectivity index (χ4n) is 2.52. The van der Waals surface area contributed by atoms with Crippen LogP contribution in [0.3, 0.4) is 0 Å². The van der Waals surface area contributed by atoms with Gasteiger partial charge in [0.1, 0.15) is 0 Å². The maximum absolute atomic E-state index is 11.6. The molecule has 0 aromatic rings. The van der Waals surface area contributed by atoms with E-state index >= 15 is 0 Å². The van der Waals surface area contributed by atoms with Crippen LogP contribution in [0.5, 0.6) is 0 Å². The lowest BCUT2D eigenvalue weighted by molar-refractivity contribution is 0.224. The molecule has 1 atom stereocenters. The molecule has 0 saturated heterocycles. The van der Waals surface area contributed by atoms with Gasteiger partial charge >= 0.3 is 6.03 Å². The Labute approximate surface area is 92.0 Å². The summed E-state index contributed by atoms with van der Waals surface area (Å²) in [6.07, 6.45) is 7.05. The molecule has 2 aliphatic rings. The molecule has 2 rings (SSSR count). The van der Waals surface area contributed by atoms with E-state index in [0.29, 0.717) is 17.5 Å². The SMILES string of the molecule is CC1(C)CCC(NC(=O)NC2CCC2)C1. The molecule has 0 heterocycles. The van der Waals surface area contributed by atoms with Crippen molar-refractivity contribution < 1.29 is 4.79 Å². The van der Waals surface area contributed by atoms with Crippen LogP contribution in [-0.4, -0.2) is 18.1 Å². The van der Waals surface area contributed by atoms with E-state index < -0.39 is 0 Å². The van der Waals surface area contributed by atoms with Crippen molar-refractivity contribution in [3.8, 4) is 0 Å². The Balaban J connectivity index is 1.70. The Hall–Kier alpha value is -0.730. The molecule has 0 bridgehead atoms. The van der Waals surface area contributed by atoms with Crippen LogP contribution in [0.4, 0.5) is 4.79 Å². The van der Waals surface area contributed by atoms with Gasteiger partial charge in [0.15, 0.2) is 0 Å². The van der Waals surface area contributed by atoms with Crippen molar-refractivity contribution in [3.05, 3.63) is 0 Å². The molecular formula is C12H22N2O. The summed E-state index contributed by atoms with van der Waals surface area (Å²) >= 11 is 0. The Morgan fingerprint density at radius 1 is 1.13 bits per heavy atom. The highest BCUT2D eigenvalue weighted by Crippen LogP contribution is 2.36. The van der Waals surface area contributed by atoms with Crippen molar-refractivity contribution in [3.63, 3.8) is 0 Å². The summed E-state index contributed by atoms with van der Waals surface area (Å²) in [6, 6.07) is 0.877. The Bertz CT molecular complexity index is 246. The van der Waals surface area contributed by atoms with Crippen LogP contribution in [0.2, 0.25) is 0 Å². The molecule has 0 spiro atoms. The standard InChI is InChI=1S/C12H22N2O/c1-12(2)7-6-10(8-12)14-11(15)13-9-4-3-5-9/h9-10H,3-8H2,1-2H3,(H2,13,14,15). The quantitative estimate of drug-likeness (QED) is 0.722. The lowest BCUT2D eigenvalue weighted by atomic mass is 9.92. The molecule has 15 heavy (non-hydrogen) atoms. The monoisotopic (exact) mass is 210 g/mol. The summed E-state index contributed by atoms with van der Waals surface area (Å²) in [7, 11) is 0. The van der Waals surface area contributed by atoms with E-state index in [4.69, 9.17) is 0 Å². The summed E-state index contributed by atoms with van der Waals surface area (Å²) in [5, 5.41) is 6.10. The Morgan fingerprint density at radius 3 is 2.27 bits per heavy atom. The first-order valence-electron chi connectivity index (χ1n) is 6.12. The van der Waals surface area contributed by atoms with Gasteiger partial charge in [-0.25, -0.2) is 4.79 Å². The molecule has 2 saturated carbocycles. The van der Waals surface area contributed by atoms with Crippen molar-refractivity contribution in [2.45, 2.75) is 64.5 Å². The van der Waals surface area contributed by atoms with Crippen LogP contribution < -0.4 is 10.6 Å². The number of hydrogen-bond donors (Lipinski definition) is 2. The molecule has 0 aliphatic heterocycles. The zero-order chi connectivity index (χ0) is 10.9. The topological polar surface area (TPSA) is 41.1 Å². The van der Waals surface area contributed by atoms with Crippen LogP contribution in [0.25, 0.3) is 0 Å². The summed E-state index contributed by atoms with van der Waals surface area (Å²) in [6.45, 7) is 4.55. The van der Waals surface area contributed by atoms with Crippen molar-refractivity contribution in [2.24, 2.45) is 5.41 Å². The highest BCUT2D eigenvalue weighted by molar-refractivity contribution is 5.74. The molecule has 1 unspecified atom stereocenters. The molecule has 0 aromatic carbocycles. The minimum Gasteiger partial charge on any atom is -0.335 e. The number of urea groups is 1. The molecule has 2 N–H and O–H groups in total. The van der Waals surface area contributed by atoms with E-state index in [2.05, 4.69) is 24.5 Å². The molecular weight excluding hydrogens is 188 g/mol. The fraction of sp³-hybridized carbons (Fsp3) is 0.917. The third-order valence-corrected chi connectivity index (χ3v) is 3.74. The summed E-state index contributed by atoms with van der Waals surface area (Å²) < 4.78 is 0. The van der Waals surface area contributed by atoms with Gasteiger partial charge in [0.2, 0.25) is 0 Å². The van der Waals surface area contributed by atoms with Gasteiger partial charge in [-0.3, -0.25) is 0 Å². The average Bonchev–Trinajstić information content (AvgIpc) is 2.38. The Morgan fingerprint density at radius 2 is 1.80 bits per heavy atom. The largest absolute Gasteiger partial charge is 0.335 e. The maximum Gasteiger partial charge on any atom is 0.315 e. The fourth-order valence-corrected chi connectivity index (χ4v) is 2.52. The predicted octanol–water partition coefficient (Wildman–Crippen LogP) is 2.42. The zero-order valence-electron chi connectivity index (χ0n) is 9.81. The number of nitrogens with one attached hydrogen (secondary N) is 2. The molecule has 0 aromatic heterocycles. The third-order valence-electron chi connectivity index (χ3n) is 3.74. The number of rotatable bonds is 2. The number of carbonyl (C=O) groups excluding carboxylic acids is 1. The van der Waals surface area contributed by atoms with Crippen molar-refractivity contribution in [1.82, 2.24) is 10.6 Å². The minimum atomic E-state index is 0.0439. The van der Waals surface area contributed by atoms with Gasteiger partial charge in [-0.05, 0) is 43.9 Å². The number of hydrogen-bond acceptors (Lipinski definition) is 1. The second kappa shape index (κ2) is 4.03. The molecule has 2 aliphatic carbocycles. The number of amides is 2. The van der Waals surface area contributed by atoms with Crippen molar-refractivity contribution in [1.29, 1.82) is 0 Å².